The molecule has 0 bridgehead atoms. The number of carboxylic acid groups (broad SMARTS) is 1. The van der Waals surface area contributed by atoms with Crippen molar-refractivity contribution in [2.75, 3.05) is 19.7 Å². The van der Waals surface area contributed by atoms with Gasteiger partial charge in [0.25, 0.3) is 0 Å². The molecule has 1 rings (SSSR count). The molecule has 12 heteroatoms. The van der Waals surface area contributed by atoms with Crippen molar-refractivity contribution in [1.82, 2.24) is 5.32 Å². The Morgan fingerprint density at radius 3 is 2.26 bits per heavy atom. The molecule has 5 N–H and O–H groups in total. The van der Waals surface area contributed by atoms with E-state index in [2.05, 4.69) is 9.26 Å². The van der Waals surface area contributed by atoms with Crippen LogP contribution in [0.3, 0.4) is 0 Å². The van der Waals surface area contributed by atoms with E-state index in [1.54, 1.807) is 0 Å². The second-order valence-corrected chi connectivity index (χ2v) is 8.08. The molecule has 1 aliphatic carbocycles. The minimum Gasteiger partial charge on any atom is -0.480 e. The van der Waals surface area contributed by atoms with Crippen LogP contribution in [0.2, 0.25) is 0 Å². The zero-order valence-electron chi connectivity index (χ0n) is 15.6. The Morgan fingerprint density at radius 1 is 1.19 bits per heavy atom. The number of carbonyl (C=O) groups is 3. The summed E-state index contributed by atoms with van der Waals surface area (Å²) in [7, 11) is -4.27. The number of hydrogen-bond acceptors (Lipinski definition) is 8. The minimum atomic E-state index is -4.27. The minimum absolute atomic E-state index is 0.183. The van der Waals surface area contributed by atoms with Crippen LogP contribution < -0.4 is 11.1 Å². The first kappa shape index (κ1) is 25.3. The van der Waals surface area contributed by atoms with E-state index >= 15 is 0 Å². The second kappa shape index (κ2) is 13.5. The Balaban J connectivity index is 0.00000153. The van der Waals surface area contributed by atoms with Gasteiger partial charge in [-0.3, -0.25) is 13.9 Å². The van der Waals surface area contributed by atoms with Crippen LogP contribution in [-0.2, 0) is 28.2 Å². The highest BCUT2D eigenvalue weighted by Gasteiger charge is 2.24. The van der Waals surface area contributed by atoms with Gasteiger partial charge in [-0.1, -0.05) is 33.1 Å². The fourth-order valence-corrected chi connectivity index (χ4v) is 2.75. The summed E-state index contributed by atoms with van der Waals surface area (Å²) < 4.78 is 24.9. The Kier molecular flexibility index (Phi) is 12.6. The lowest BCUT2D eigenvalue weighted by Crippen LogP contribution is -2.28. The zero-order valence-corrected chi connectivity index (χ0v) is 16.5. The van der Waals surface area contributed by atoms with Crippen LogP contribution in [-0.4, -0.2) is 53.8 Å². The fourth-order valence-electron chi connectivity index (χ4n) is 2.01. The quantitative estimate of drug-likeness (QED) is 0.259. The fraction of sp³-hybridized carbons (Fsp3) is 0.800. The van der Waals surface area contributed by atoms with Gasteiger partial charge < -0.3 is 30.5 Å². The highest BCUT2D eigenvalue weighted by molar-refractivity contribution is 7.52. The number of esters is 1. The van der Waals surface area contributed by atoms with Gasteiger partial charge in [0.1, 0.15) is 6.29 Å². The number of nitrogens with one attached hydrogen (secondary N) is 1. The van der Waals surface area contributed by atoms with Gasteiger partial charge >= 0.3 is 25.6 Å². The lowest BCUT2D eigenvalue weighted by atomic mass is 9.89. The van der Waals surface area contributed by atoms with Crippen LogP contribution in [0.15, 0.2) is 0 Å². The first-order valence-electron chi connectivity index (χ1n) is 8.54. The van der Waals surface area contributed by atoms with E-state index in [1.165, 1.54) is 0 Å². The van der Waals surface area contributed by atoms with Crippen LogP contribution in [0.25, 0.3) is 0 Å². The summed E-state index contributed by atoms with van der Waals surface area (Å²) in [5.41, 5.74) is 5.11. The number of rotatable bonds is 8. The molecule has 0 aromatic rings. The summed E-state index contributed by atoms with van der Waals surface area (Å²) in [4.78, 5) is 42.3. The SMILES string of the molecule is CC(C)N.O=C(O)COP(=O)(O)CNC(=O)OCOC(=O)C1CCCCC1. The average molecular weight is 412 g/mol. The van der Waals surface area contributed by atoms with E-state index in [0.717, 1.165) is 32.1 Å². The largest absolute Gasteiger partial charge is 0.480 e. The molecular formula is C15H29N2O9P. The van der Waals surface area contributed by atoms with Crippen molar-refractivity contribution in [3.8, 4) is 0 Å². The van der Waals surface area contributed by atoms with Gasteiger partial charge in [-0.25, -0.2) is 9.59 Å². The van der Waals surface area contributed by atoms with Crippen molar-refractivity contribution >= 4 is 25.6 Å². The summed E-state index contributed by atoms with van der Waals surface area (Å²) in [6.07, 6.45) is 2.60. The molecule has 1 aliphatic rings. The lowest BCUT2D eigenvalue weighted by molar-refractivity contribution is -0.158. The highest BCUT2D eigenvalue weighted by Crippen LogP contribution is 2.39. The topological polar surface area (TPSA) is 174 Å². The average Bonchev–Trinajstić information content (AvgIpc) is 2.59. The Labute approximate surface area is 158 Å². The van der Waals surface area contributed by atoms with E-state index in [-0.39, 0.29) is 5.92 Å². The number of carboxylic acids is 1. The highest BCUT2D eigenvalue weighted by atomic mass is 31.2. The summed E-state index contributed by atoms with van der Waals surface area (Å²) in [5.74, 6) is -2.04. The molecule has 1 atom stereocenters. The zero-order chi connectivity index (χ0) is 20.9. The van der Waals surface area contributed by atoms with E-state index in [9.17, 15) is 23.8 Å². The predicted octanol–water partition coefficient (Wildman–Crippen LogP) is 1.39. The van der Waals surface area contributed by atoms with Gasteiger partial charge in [-0.2, -0.15) is 0 Å². The maximum absolute atomic E-state index is 11.7. The van der Waals surface area contributed by atoms with Crippen LogP contribution in [0.1, 0.15) is 46.0 Å². The van der Waals surface area contributed by atoms with Gasteiger partial charge in [0.05, 0.1) is 5.92 Å². The Bertz CT molecular complexity index is 519. The van der Waals surface area contributed by atoms with Crippen LogP contribution >= 0.6 is 7.60 Å². The Hall–Kier alpha value is -1.68. The molecule has 0 radical (unpaired) electrons. The molecule has 158 valence electrons. The predicted molar refractivity (Wildman–Crippen MR) is 94.8 cm³/mol. The number of hydrogen-bond donors (Lipinski definition) is 4. The second-order valence-electron chi connectivity index (χ2n) is 6.23. The van der Waals surface area contributed by atoms with Crippen molar-refractivity contribution in [3.63, 3.8) is 0 Å². The molecule has 1 amide bonds. The van der Waals surface area contributed by atoms with Crippen molar-refractivity contribution in [2.45, 2.75) is 52.0 Å². The van der Waals surface area contributed by atoms with Gasteiger partial charge in [-0.05, 0) is 18.9 Å². The number of carbonyl (C=O) groups excluding carboxylic acids is 2. The molecule has 0 aromatic carbocycles. The van der Waals surface area contributed by atoms with Gasteiger partial charge in [0, 0.05) is 0 Å². The van der Waals surface area contributed by atoms with Crippen molar-refractivity contribution in [3.05, 3.63) is 0 Å². The van der Waals surface area contributed by atoms with Crippen LogP contribution in [0, 0.1) is 5.92 Å². The molecule has 0 saturated heterocycles. The Morgan fingerprint density at radius 2 is 1.74 bits per heavy atom. The standard InChI is InChI=1S/C12H20NO9P.C3H9N/c14-10(15)6-22-23(18,19)7-13-12(17)21-8-20-11(16)9-4-2-1-3-5-9;1-3(2)4/h9H,1-8H2,(H,13,17)(H,14,15)(H,18,19);3H,4H2,1-2H3. The number of amides is 1. The lowest BCUT2D eigenvalue weighted by Gasteiger charge is -2.19. The third-order valence-corrected chi connectivity index (χ3v) is 4.23. The molecule has 1 fully saturated rings. The summed E-state index contributed by atoms with van der Waals surface area (Å²) in [6.45, 7) is 2.32. The molecule has 0 aliphatic heterocycles. The summed E-state index contributed by atoms with van der Waals surface area (Å²) in [5, 5.41) is 10.2. The maximum atomic E-state index is 11.7. The summed E-state index contributed by atoms with van der Waals surface area (Å²) in [6, 6.07) is 0.333. The number of aliphatic carboxylic acids is 1. The van der Waals surface area contributed by atoms with E-state index in [4.69, 9.17) is 15.6 Å². The molecular weight excluding hydrogens is 383 g/mol. The molecule has 0 aromatic heterocycles. The van der Waals surface area contributed by atoms with Gasteiger partial charge in [-0.15, -0.1) is 0 Å². The molecule has 1 saturated carbocycles. The van der Waals surface area contributed by atoms with Crippen LogP contribution in [0.4, 0.5) is 4.79 Å². The summed E-state index contributed by atoms with van der Waals surface area (Å²) >= 11 is 0. The molecule has 27 heavy (non-hydrogen) atoms. The van der Waals surface area contributed by atoms with E-state index < -0.39 is 45.3 Å². The number of ether oxygens (including phenoxy) is 2. The molecule has 0 heterocycles. The maximum Gasteiger partial charge on any atom is 0.410 e. The first-order chi connectivity index (χ1) is 12.5. The number of alkyl carbamates (subject to hydrolysis) is 1. The van der Waals surface area contributed by atoms with E-state index in [1.807, 2.05) is 19.2 Å². The number of nitrogens with two attached hydrogens (primary N) is 1. The first-order valence-corrected chi connectivity index (χ1v) is 10.3. The molecule has 1 unspecified atom stereocenters. The van der Waals surface area contributed by atoms with Crippen molar-refractivity contribution in [2.24, 2.45) is 11.7 Å². The van der Waals surface area contributed by atoms with Gasteiger partial charge in [0.15, 0.2) is 6.61 Å². The van der Waals surface area contributed by atoms with Crippen molar-refractivity contribution in [1.29, 1.82) is 0 Å². The van der Waals surface area contributed by atoms with Crippen molar-refractivity contribution < 1.29 is 42.9 Å². The molecule has 0 spiro atoms. The monoisotopic (exact) mass is 412 g/mol. The third kappa shape index (κ3) is 15.1. The normalized spacial score (nSPS) is 16.5. The smallest absolute Gasteiger partial charge is 0.410 e. The van der Waals surface area contributed by atoms with Crippen LogP contribution in [0.5, 0.6) is 0 Å². The third-order valence-electron chi connectivity index (χ3n) is 3.14. The molecule has 11 nitrogen and oxygen atoms in total. The van der Waals surface area contributed by atoms with E-state index in [0.29, 0.717) is 6.04 Å². The van der Waals surface area contributed by atoms with Gasteiger partial charge in [0.2, 0.25) is 6.79 Å².